The second-order valence-corrected chi connectivity index (χ2v) is 8.21. The van der Waals surface area contributed by atoms with E-state index in [0.717, 1.165) is 44.5 Å². The molecule has 0 aliphatic carbocycles. The Morgan fingerprint density at radius 3 is 2.50 bits per heavy atom. The third kappa shape index (κ3) is 5.20. The van der Waals surface area contributed by atoms with Gasteiger partial charge in [-0.1, -0.05) is 13.0 Å². The molecule has 0 aromatic heterocycles. The lowest BCUT2D eigenvalue weighted by molar-refractivity contribution is 0.208. The number of piperidine rings is 1. The number of sulfonamides is 1. The standard InChI is InChI=1S/C15H23BrN2O2S.ClH/c1-3-8-18-9-6-13(7-10-18)17-21(19,20)15-5-4-12(2)11-14(15)16;/h4-5,11,13,17H,3,6-10H2,1-2H3;1H. The molecule has 22 heavy (non-hydrogen) atoms. The minimum atomic E-state index is -3.45. The van der Waals surface area contributed by atoms with E-state index in [1.165, 1.54) is 0 Å². The Morgan fingerprint density at radius 1 is 1.32 bits per heavy atom. The second kappa shape index (κ2) is 8.64. The average molecular weight is 412 g/mol. The third-order valence-electron chi connectivity index (χ3n) is 3.83. The van der Waals surface area contributed by atoms with Crippen LogP contribution in [0.1, 0.15) is 31.7 Å². The average Bonchev–Trinajstić information content (AvgIpc) is 2.40. The highest BCUT2D eigenvalue weighted by atomic mass is 79.9. The van der Waals surface area contributed by atoms with Crippen molar-refractivity contribution < 1.29 is 8.42 Å². The van der Waals surface area contributed by atoms with Gasteiger partial charge in [-0.05, 0) is 79.4 Å². The fourth-order valence-electron chi connectivity index (χ4n) is 2.70. The molecular formula is C15H24BrClN2O2S. The number of hydrogen-bond donors (Lipinski definition) is 1. The van der Waals surface area contributed by atoms with Crippen LogP contribution in [0, 0.1) is 6.92 Å². The van der Waals surface area contributed by atoms with Crippen LogP contribution < -0.4 is 4.72 Å². The SMILES string of the molecule is CCCN1CCC(NS(=O)(=O)c2ccc(C)cc2Br)CC1.Cl. The lowest BCUT2D eigenvalue weighted by Gasteiger charge is -2.31. The second-order valence-electron chi connectivity index (χ2n) is 5.67. The Bertz CT molecular complexity index is 587. The largest absolute Gasteiger partial charge is 0.303 e. The van der Waals surface area contributed by atoms with Crippen molar-refractivity contribution in [3.05, 3.63) is 28.2 Å². The molecule has 1 aromatic carbocycles. The van der Waals surface area contributed by atoms with Crippen LogP contribution in [0.2, 0.25) is 0 Å². The molecular weight excluding hydrogens is 388 g/mol. The number of hydrogen-bond acceptors (Lipinski definition) is 3. The molecule has 0 bridgehead atoms. The summed E-state index contributed by atoms with van der Waals surface area (Å²) < 4.78 is 28.4. The molecule has 0 spiro atoms. The number of nitrogens with zero attached hydrogens (tertiary/aromatic N) is 1. The van der Waals surface area contributed by atoms with Gasteiger partial charge in [-0.2, -0.15) is 0 Å². The smallest absolute Gasteiger partial charge is 0.241 e. The molecule has 0 amide bonds. The van der Waals surface area contributed by atoms with Crippen molar-refractivity contribution >= 4 is 38.4 Å². The first-order valence-corrected chi connectivity index (χ1v) is 9.71. The van der Waals surface area contributed by atoms with Gasteiger partial charge in [0, 0.05) is 10.5 Å². The zero-order valence-electron chi connectivity index (χ0n) is 13.0. The van der Waals surface area contributed by atoms with Gasteiger partial charge >= 0.3 is 0 Å². The number of halogens is 2. The highest BCUT2D eigenvalue weighted by Gasteiger charge is 2.25. The molecule has 1 saturated heterocycles. The van der Waals surface area contributed by atoms with E-state index < -0.39 is 10.0 Å². The highest BCUT2D eigenvalue weighted by Crippen LogP contribution is 2.24. The lowest BCUT2D eigenvalue weighted by Crippen LogP contribution is -2.44. The number of benzene rings is 1. The molecule has 1 heterocycles. The van der Waals surface area contributed by atoms with Crippen molar-refractivity contribution in [1.82, 2.24) is 9.62 Å². The van der Waals surface area contributed by atoms with Gasteiger partial charge < -0.3 is 4.90 Å². The first-order chi connectivity index (χ1) is 9.92. The van der Waals surface area contributed by atoms with E-state index in [9.17, 15) is 8.42 Å². The van der Waals surface area contributed by atoms with Crippen molar-refractivity contribution in [2.24, 2.45) is 0 Å². The molecule has 1 fully saturated rings. The molecule has 1 aliphatic rings. The van der Waals surface area contributed by atoms with E-state index in [2.05, 4.69) is 32.5 Å². The van der Waals surface area contributed by atoms with Gasteiger partial charge in [0.1, 0.15) is 0 Å². The Hall–Kier alpha value is -0.140. The summed E-state index contributed by atoms with van der Waals surface area (Å²) in [4.78, 5) is 2.72. The molecule has 0 unspecified atom stereocenters. The minimum Gasteiger partial charge on any atom is -0.303 e. The van der Waals surface area contributed by atoms with Crippen LogP contribution in [0.4, 0.5) is 0 Å². The summed E-state index contributed by atoms with van der Waals surface area (Å²) in [6.45, 7) is 7.15. The predicted octanol–water partition coefficient (Wildman–Crippen LogP) is 3.33. The molecule has 126 valence electrons. The van der Waals surface area contributed by atoms with E-state index in [1.54, 1.807) is 6.07 Å². The Labute approximate surface area is 148 Å². The van der Waals surface area contributed by atoms with Crippen molar-refractivity contribution in [2.75, 3.05) is 19.6 Å². The highest BCUT2D eigenvalue weighted by molar-refractivity contribution is 9.10. The van der Waals surface area contributed by atoms with Gasteiger partial charge in [0.15, 0.2) is 0 Å². The number of rotatable bonds is 5. The zero-order valence-corrected chi connectivity index (χ0v) is 16.2. The van der Waals surface area contributed by atoms with Crippen LogP contribution in [0.15, 0.2) is 27.6 Å². The van der Waals surface area contributed by atoms with Gasteiger partial charge in [-0.15, -0.1) is 12.4 Å². The Kier molecular flexibility index (Phi) is 7.82. The van der Waals surface area contributed by atoms with Crippen molar-refractivity contribution in [3.63, 3.8) is 0 Å². The van der Waals surface area contributed by atoms with Crippen LogP contribution in [0.5, 0.6) is 0 Å². The van der Waals surface area contributed by atoms with Gasteiger partial charge in [0.05, 0.1) is 4.90 Å². The van der Waals surface area contributed by atoms with E-state index in [0.29, 0.717) is 9.37 Å². The Morgan fingerprint density at radius 2 is 1.95 bits per heavy atom. The van der Waals surface area contributed by atoms with E-state index in [-0.39, 0.29) is 18.4 Å². The predicted molar refractivity (Wildman–Crippen MR) is 96.2 cm³/mol. The van der Waals surface area contributed by atoms with Crippen molar-refractivity contribution in [1.29, 1.82) is 0 Å². The quantitative estimate of drug-likeness (QED) is 0.808. The fourth-order valence-corrected chi connectivity index (χ4v) is 5.19. The number of aryl methyl sites for hydroxylation is 1. The summed E-state index contributed by atoms with van der Waals surface area (Å²) in [5.41, 5.74) is 1.04. The van der Waals surface area contributed by atoms with Crippen molar-refractivity contribution in [3.8, 4) is 0 Å². The van der Waals surface area contributed by atoms with Gasteiger partial charge in [0.25, 0.3) is 0 Å². The molecule has 7 heteroatoms. The molecule has 0 atom stereocenters. The summed E-state index contributed by atoms with van der Waals surface area (Å²) >= 11 is 3.35. The van der Waals surface area contributed by atoms with Crippen LogP contribution in [-0.4, -0.2) is 39.0 Å². The van der Waals surface area contributed by atoms with Crippen LogP contribution >= 0.6 is 28.3 Å². The normalized spacial score (nSPS) is 17.2. The topological polar surface area (TPSA) is 49.4 Å². The number of likely N-dealkylation sites (tertiary alicyclic amines) is 1. The third-order valence-corrected chi connectivity index (χ3v) is 6.32. The molecule has 1 aromatic rings. The summed E-state index contributed by atoms with van der Waals surface area (Å²) in [5, 5.41) is 0. The van der Waals surface area contributed by atoms with Crippen LogP contribution in [-0.2, 0) is 10.0 Å². The molecule has 1 aliphatic heterocycles. The van der Waals surface area contributed by atoms with E-state index >= 15 is 0 Å². The molecule has 0 radical (unpaired) electrons. The number of nitrogens with one attached hydrogen (secondary N) is 1. The Balaban J connectivity index is 0.00000242. The van der Waals surface area contributed by atoms with Crippen LogP contribution in [0.3, 0.4) is 0 Å². The summed E-state index contributed by atoms with van der Waals surface area (Å²) in [7, 11) is -3.45. The first-order valence-electron chi connectivity index (χ1n) is 7.43. The van der Waals surface area contributed by atoms with E-state index in [4.69, 9.17) is 0 Å². The summed E-state index contributed by atoms with van der Waals surface area (Å²) in [6.07, 6.45) is 2.90. The monoisotopic (exact) mass is 410 g/mol. The van der Waals surface area contributed by atoms with Crippen molar-refractivity contribution in [2.45, 2.75) is 44.0 Å². The maximum atomic E-state index is 12.5. The molecule has 4 nitrogen and oxygen atoms in total. The maximum absolute atomic E-state index is 12.5. The first kappa shape index (κ1) is 19.9. The summed E-state index contributed by atoms with van der Waals surface area (Å²) in [5.74, 6) is 0. The zero-order chi connectivity index (χ0) is 15.5. The van der Waals surface area contributed by atoms with Gasteiger partial charge in [0.2, 0.25) is 10.0 Å². The lowest BCUT2D eigenvalue weighted by atomic mass is 10.1. The van der Waals surface area contributed by atoms with E-state index in [1.807, 2.05) is 19.1 Å². The fraction of sp³-hybridized carbons (Fsp3) is 0.600. The van der Waals surface area contributed by atoms with Gasteiger partial charge in [-0.3, -0.25) is 0 Å². The maximum Gasteiger partial charge on any atom is 0.241 e. The molecule has 2 rings (SSSR count). The molecule has 1 N–H and O–H groups in total. The summed E-state index contributed by atoms with van der Waals surface area (Å²) in [6, 6.07) is 5.35. The minimum absolute atomic E-state index is 0. The van der Waals surface area contributed by atoms with Gasteiger partial charge in [-0.25, -0.2) is 13.1 Å². The van der Waals surface area contributed by atoms with Crippen LogP contribution in [0.25, 0.3) is 0 Å². The molecule has 0 saturated carbocycles.